The van der Waals surface area contributed by atoms with Gasteiger partial charge < -0.3 is 10.2 Å². The molecule has 2 aromatic carbocycles. The lowest BCUT2D eigenvalue weighted by molar-refractivity contribution is 0.0655. The van der Waals surface area contributed by atoms with Crippen molar-refractivity contribution in [2.45, 2.75) is 6.42 Å². The van der Waals surface area contributed by atoms with Crippen molar-refractivity contribution >= 4 is 30.1 Å². The first-order valence-corrected chi connectivity index (χ1v) is 8.97. The zero-order valence-electron chi connectivity index (χ0n) is 16.0. The number of hydrogen-bond acceptors (Lipinski definition) is 4. The summed E-state index contributed by atoms with van der Waals surface area (Å²) in [5, 5.41) is 2.99. The van der Waals surface area contributed by atoms with Crippen LogP contribution in [0, 0.1) is 0 Å². The van der Waals surface area contributed by atoms with Crippen molar-refractivity contribution in [2.24, 2.45) is 0 Å². The standard InChI is InChI=1S/C21H23N3O3.ClH/c1-22-11-13-23(2)19(25)16-8-9-17-18(14-16)21(27)24(20(17)26)12-10-15-6-4-3-5-7-15;/h3-9,14,22H,10-13H2,1-2H3;1H. The van der Waals surface area contributed by atoms with Crippen molar-refractivity contribution in [1.29, 1.82) is 0 Å². The molecule has 3 rings (SSSR count). The van der Waals surface area contributed by atoms with Crippen LogP contribution in [0.15, 0.2) is 48.5 Å². The number of imide groups is 1. The van der Waals surface area contributed by atoms with Gasteiger partial charge in [0.05, 0.1) is 11.1 Å². The number of fused-ring (bicyclic) bond motifs is 1. The number of amides is 3. The van der Waals surface area contributed by atoms with E-state index in [-0.39, 0.29) is 30.1 Å². The molecule has 6 nitrogen and oxygen atoms in total. The summed E-state index contributed by atoms with van der Waals surface area (Å²) in [6, 6.07) is 14.5. The lowest BCUT2D eigenvalue weighted by Gasteiger charge is -2.17. The molecule has 1 aliphatic heterocycles. The average Bonchev–Trinajstić information content (AvgIpc) is 2.94. The minimum atomic E-state index is -0.335. The Hall–Kier alpha value is -2.70. The monoisotopic (exact) mass is 401 g/mol. The third-order valence-corrected chi connectivity index (χ3v) is 4.73. The van der Waals surface area contributed by atoms with E-state index in [0.717, 1.165) is 5.56 Å². The van der Waals surface area contributed by atoms with Crippen LogP contribution in [-0.2, 0) is 6.42 Å². The molecule has 0 fully saturated rings. The van der Waals surface area contributed by atoms with Crippen molar-refractivity contribution < 1.29 is 14.4 Å². The van der Waals surface area contributed by atoms with Crippen LogP contribution in [0.4, 0.5) is 0 Å². The summed E-state index contributed by atoms with van der Waals surface area (Å²) >= 11 is 0. The summed E-state index contributed by atoms with van der Waals surface area (Å²) in [5.41, 5.74) is 2.15. The van der Waals surface area contributed by atoms with Gasteiger partial charge in [0.1, 0.15) is 0 Å². The maximum absolute atomic E-state index is 12.7. The van der Waals surface area contributed by atoms with Gasteiger partial charge in [-0.3, -0.25) is 19.3 Å². The Labute approximate surface area is 170 Å². The van der Waals surface area contributed by atoms with Gasteiger partial charge in [0, 0.05) is 32.2 Å². The SMILES string of the molecule is CNCCN(C)C(=O)c1ccc2c(c1)C(=O)N(CCc1ccccc1)C2=O.Cl. The number of likely N-dealkylation sites (N-methyl/N-ethyl adjacent to an activating group) is 2. The van der Waals surface area contributed by atoms with Crippen molar-refractivity contribution in [2.75, 3.05) is 33.7 Å². The zero-order chi connectivity index (χ0) is 19.4. The molecule has 0 saturated heterocycles. The van der Waals surface area contributed by atoms with Crippen LogP contribution in [0.1, 0.15) is 36.6 Å². The number of nitrogens with one attached hydrogen (secondary N) is 1. The smallest absolute Gasteiger partial charge is 0.261 e. The highest BCUT2D eigenvalue weighted by molar-refractivity contribution is 6.22. The zero-order valence-corrected chi connectivity index (χ0v) is 16.8. The number of hydrogen-bond donors (Lipinski definition) is 1. The topological polar surface area (TPSA) is 69.7 Å². The number of benzene rings is 2. The van der Waals surface area contributed by atoms with Gasteiger partial charge in [0.25, 0.3) is 17.7 Å². The van der Waals surface area contributed by atoms with Gasteiger partial charge in [-0.2, -0.15) is 0 Å². The minimum absolute atomic E-state index is 0. The fraction of sp³-hybridized carbons (Fsp3) is 0.286. The van der Waals surface area contributed by atoms with Gasteiger partial charge in [-0.15, -0.1) is 12.4 Å². The Bertz CT molecular complexity index is 870. The number of carbonyl (C=O) groups is 3. The lowest BCUT2D eigenvalue weighted by Crippen LogP contribution is -2.33. The Morgan fingerprint density at radius 3 is 2.39 bits per heavy atom. The first kappa shape index (κ1) is 21.6. The van der Waals surface area contributed by atoms with Gasteiger partial charge in [0.15, 0.2) is 0 Å². The van der Waals surface area contributed by atoms with Crippen LogP contribution in [0.3, 0.4) is 0 Å². The van der Waals surface area contributed by atoms with Crippen molar-refractivity contribution in [3.63, 3.8) is 0 Å². The molecule has 0 radical (unpaired) electrons. The number of nitrogens with zero attached hydrogens (tertiary/aromatic N) is 2. The molecule has 0 atom stereocenters. The molecule has 1 aliphatic rings. The Morgan fingerprint density at radius 2 is 1.71 bits per heavy atom. The molecule has 2 aromatic rings. The molecule has 0 unspecified atom stereocenters. The van der Waals surface area contributed by atoms with Gasteiger partial charge in [-0.1, -0.05) is 30.3 Å². The van der Waals surface area contributed by atoms with Gasteiger partial charge >= 0.3 is 0 Å². The third kappa shape index (κ3) is 4.40. The summed E-state index contributed by atoms with van der Waals surface area (Å²) in [4.78, 5) is 40.7. The predicted octanol–water partition coefficient (Wildman–Crippen LogP) is 2.24. The van der Waals surface area contributed by atoms with Crippen LogP contribution in [0.5, 0.6) is 0 Å². The number of rotatable bonds is 7. The molecule has 0 spiro atoms. The molecule has 28 heavy (non-hydrogen) atoms. The number of halogens is 1. The van der Waals surface area contributed by atoms with E-state index in [1.54, 1.807) is 24.1 Å². The van der Waals surface area contributed by atoms with E-state index >= 15 is 0 Å². The Morgan fingerprint density at radius 1 is 1.04 bits per heavy atom. The minimum Gasteiger partial charge on any atom is -0.340 e. The highest BCUT2D eigenvalue weighted by atomic mass is 35.5. The van der Waals surface area contributed by atoms with E-state index in [9.17, 15) is 14.4 Å². The summed E-state index contributed by atoms with van der Waals surface area (Å²) in [5.74, 6) is -0.803. The van der Waals surface area contributed by atoms with Gasteiger partial charge in [-0.05, 0) is 37.2 Å². The highest BCUT2D eigenvalue weighted by Crippen LogP contribution is 2.24. The fourth-order valence-corrected chi connectivity index (χ4v) is 3.11. The van der Waals surface area contributed by atoms with Crippen molar-refractivity contribution in [3.05, 3.63) is 70.8 Å². The average molecular weight is 402 g/mol. The van der Waals surface area contributed by atoms with Crippen LogP contribution >= 0.6 is 12.4 Å². The van der Waals surface area contributed by atoms with Crippen LogP contribution in [-0.4, -0.2) is 61.3 Å². The van der Waals surface area contributed by atoms with E-state index in [2.05, 4.69) is 5.32 Å². The van der Waals surface area contributed by atoms with E-state index in [4.69, 9.17) is 0 Å². The highest BCUT2D eigenvalue weighted by Gasteiger charge is 2.35. The molecule has 0 bridgehead atoms. The quantitative estimate of drug-likeness (QED) is 0.722. The van der Waals surface area contributed by atoms with Crippen LogP contribution in [0.25, 0.3) is 0 Å². The molecular weight excluding hydrogens is 378 g/mol. The summed E-state index contributed by atoms with van der Waals surface area (Å²) in [6.07, 6.45) is 0.602. The molecule has 0 aliphatic carbocycles. The van der Waals surface area contributed by atoms with Crippen LogP contribution in [0.2, 0.25) is 0 Å². The molecule has 0 aromatic heterocycles. The molecule has 1 heterocycles. The molecule has 0 saturated carbocycles. The van der Waals surface area contributed by atoms with E-state index in [0.29, 0.717) is 42.7 Å². The number of carbonyl (C=O) groups excluding carboxylic acids is 3. The third-order valence-electron chi connectivity index (χ3n) is 4.73. The van der Waals surface area contributed by atoms with E-state index in [1.165, 1.54) is 11.0 Å². The molecule has 3 amide bonds. The predicted molar refractivity (Wildman–Crippen MR) is 110 cm³/mol. The second-order valence-electron chi connectivity index (χ2n) is 6.59. The van der Waals surface area contributed by atoms with Crippen molar-refractivity contribution in [3.8, 4) is 0 Å². The van der Waals surface area contributed by atoms with E-state index < -0.39 is 0 Å². The summed E-state index contributed by atoms with van der Waals surface area (Å²) in [7, 11) is 3.54. The van der Waals surface area contributed by atoms with Crippen LogP contribution < -0.4 is 5.32 Å². The largest absolute Gasteiger partial charge is 0.340 e. The fourth-order valence-electron chi connectivity index (χ4n) is 3.11. The Kier molecular flexibility index (Phi) is 7.31. The van der Waals surface area contributed by atoms with Gasteiger partial charge in [0.2, 0.25) is 0 Å². The second-order valence-corrected chi connectivity index (χ2v) is 6.59. The Balaban J connectivity index is 0.00000280. The van der Waals surface area contributed by atoms with E-state index in [1.807, 2.05) is 37.4 Å². The maximum atomic E-state index is 12.7. The molecule has 7 heteroatoms. The molecule has 1 N–H and O–H groups in total. The normalized spacial score (nSPS) is 12.6. The lowest BCUT2D eigenvalue weighted by atomic mass is 10.0. The first-order chi connectivity index (χ1) is 13.0. The molecule has 148 valence electrons. The maximum Gasteiger partial charge on any atom is 0.261 e. The summed E-state index contributed by atoms with van der Waals surface area (Å²) < 4.78 is 0. The first-order valence-electron chi connectivity index (χ1n) is 8.97. The summed E-state index contributed by atoms with van der Waals surface area (Å²) in [6.45, 7) is 1.56. The second kappa shape index (κ2) is 9.48. The van der Waals surface area contributed by atoms with Crippen molar-refractivity contribution in [1.82, 2.24) is 15.1 Å². The van der Waals surface area contributed by atoms with Gasteiger partial charge in [-0.25, -0.2) is 0 Å². The molecular formula is C21H24ClN3O3.